The van der Waals surface area contributed by atoms with E-state index in [0.717, 1.165) is 30.9 Å². The predicted molar refractivity (Wildman–Crippen MR) is 245 cm³/mol. The predicted octanol–water partition coefficient (Wildman–Crippen LogP) is 13.8. The number of benzene rings is 5. The Balaban J connectivity index is 0.000000162. The normalized spacial score (nSPS) is 12.4. The number of rotatable bonds is 9. The Bertz CT molecular complexity index is 2550. The number of anilines is 2. The molecule has 2 aliphatic rings. The van der Waals surface area contributed by atoms with Gasteiger partial charge in [0.1, 0.15) is 0 Å². The van der Waals surface area contributed by atoms with Crippen molar-refractivity contribution in [3.63, 3.8) is 0 Å². The number of aryl methyl sites for hydroxylation is 2. The number of hydrogen-bond acceptors (Lipinski definition) is 16. The molecular formula is C41H33N7S9. The molecule has 57 heavy (non-hydrogen) atoms. The molecule has 0 aliphatic carbocycles. The molecule has 0 saturated carbocycles. The number of fused-ring (bicyclic) bond motifs is 4. The highest BCUT2D eigenvalue weighted by Crippen LogP contribution is 2.51. The summed E-state index contributed by atoms with van der Waals surface area (Å²) in [6, 6.07) is 36.4. The molecule has 7 aromatic rings. The number of thioether (sulfide) groups is 3. The van der Waals surface area contributed by atoms with Crippen LogP contribution in [0.3, 0.4) is 0 Å². The standard InChI is InChI=1S/C23H18N4S4.C18H15N3S5/c1-14-8-10-17-19(12-14)30-18-11-9-16(13-20(18)31-17)29-23-26-21(25-22(27-23)28-2)24-15-6-4-3-5-7-15;1-10-4-6-12-14(8-10)25-13-7-5-11(9-15(13)26-12)24-18-20-16(22-2)19-17(21-18)23-3/h3-13H,1-2H3,(H,24,25,26,27);4-9H,1-3H3. The summed E-state index contributed by atoms with van der Waals surface area (Å²) in [6.45, 7) is 4.28. The molecule has 16 heteroatoms. The van der Waals surface area contributed by atoms with Crippen molar-refractivity contribution in [1.82, 2.24) is 29.9 Å². The molecular weight excluding hydrogens is 879 g/mol. The first-order valence-electron chi connectivity index (χ1n) is 17.3. The van der Waals surface area contributed by atoms with Crippen molar-refractivity contribution in [2.24, 2.45) is 0 Å². The lowest BCUT2D eigenvalue weighted by atomic mass is 10.2. The first-order valence-corrected chi connectivity index (χ1v) is 25.9. The summed E-state index contributed by atoms with van der Waals surface area (Å²) < 4.78 is 0. The highest BCUT2D eigenvalue weighted by molar-refractivity contribution is 8.05. The first kappa shape index (κ1) is 40.8. The van der Waals surface area contributed by atoms with Crippen molar-refractivity contribution in [1.29, 1.82) is 0 Å². The Morgan fingerprint density at radius 1 is 0.404 bits per heavy atom. The third-order valence-corrected chi connectivity index (χ3v) is 16.5. The van der Waals surface area contributed by atoms with Crippen molar-refractivity contribution < 1.29 is 0 Å². The Morgan fingerprint density at radius 2 is 0.789 bits per heavy atom. The molecule has 2 aliphatic heterocycles. The van der Waals surface area contributed by atoms with E-state index >= 15 is 0 Å². The third kappa shape index (κ3) is 10.5. The van der Waals surface area contributed by atoms with E-state index in [2.05, 4.69) is 122 Å². The highest BCUT2D eigenvalue weighted by Gasteiger charge is 2.20. The average Bonchev–Trinajstić information content (AvgIpc) is 3.22. The minimum Gasteiger partial charge on any atom is -0.324 e. The summed E-state index contributed by atoms with van der Waals surface area (Å²) >= 11 is 15.1. The molecule has 4 heterocycles. The monoisotopic (exact) mass is 911 g/mol. The third-order valence-electron chi connectivity index (χ3n) is 8.07. The maximum absolute atomic E-state index is 4.63. The Kier molecular flexibility index (Phi) is 13.6. The minimum absolute atomic E-state index is 0.556. The van der Waals surface area contributed by atoms with E-state index in [1.807, 2.05) is 96.1 Å². The molecule has 0 spiro atoms. The summed E-state index contributed by atoms with van der Waals surface area (Å²) in [6.07, 6.45) is 5.95. The molecule has 0 fully saturated rings. The topological polar surface area (TPSA) is 89.4 Å². The van der Waals surface area contributed by atoms with Crippen LogP contribution in [0.15, 0.2) is 178 Å². The van der Waals surface area contributed by atoms with Crippen molar-refractivity contribution in [2.45, 2.75) is 88.6 Å². The fourth-order valence-electron chi connectivity index (χ4n) is 5.41. The minimum atomic E-state index is 0.556. The van der Waals surface area contributed by atoms with E-state index in [4.69, 9.17) is 0 Å². The zero-order valence-corrected chi connectivity index (χ0v) is 38.5. The molecule has 2 aromatic heterocycles. The van der Waals surface area contributed by atoms with Crippen LogP contribution in [-0.4, -0.2) is 48.7 Å². The van der Waals surface area contributed by atoms with E-state index in [1.165, 1.54) is 62.1 Å². The number of aromatic nitrogens is 6. The van der Waals surface area contributed by atoms with Crippen LogP contribution in [0.1, 0.15) is 11.1 Å². The van der Waals surface area contributed by atoms with E-state index in [-0.39, 0.29) is 0 Å². The van der Waals surface area contributed by atoms with Gasteiger partial charge in [0.2, 0.25) is 5.95 Å². The highest BCUT2D eigenvalue weighted by atomic mass is 32.2. The summed E-state index contributed by atoms with van der Waals surface area (Å²) in [5.74, 6) is 0.556. The van der Waals surface area contributed by atoms with Crippen LogP contribution in [0.25, 0.3) is 0 Å². The maximum atomic E-state index is 4.63. The SMILES string of the molecule is CSc1nc(Nc2ccccc2)nc(Sc2ccc3c(c2)Sc2ccc(C)cc2S3)n1.CSc1nc(SC)nc(Sc2ccc3c(c2)Sc2ccc(C)cc2S3)n1. The largest absolute Gasteiger partial charge is 0.324 e. The van der Waals surface area contributed by atoms with Crippen molar-refractivity contribution >= 4 is 117 Å². The van der Waals surface area contributed by atoms with Crippen LogP contribution in [-0.2, 0) is 0 Å². The summed E-state index contributed by atoms with van der Waals surface area (Å²) in [7, 11) is 0. The molecule has 286 valence electrons. The number of hydrogen-bond donors (Lipinski definition) is 1. The van der Waals surface area contributed by atoms with Crippen LogP contribution in [0.2, 0.25) is 0 Å². The average molecular weight is 912 g/mol. The second kappa shape index (κ2) is 19.0. The Morgan fingerprint density at radius 3 is 1.26 bits per heavy atom. The number of para-hydroxylation sites is 1. The molecule has 0 atom stereocenters. The summed E-state index contributed by atoms with van der Waals surface area (Å²) in [4.78, 5) is 39.9. The Hall–Kier alpha value is -2.93. The lowest BCUT2D eigenvalue weighted by molar-refractivity contribution is 0.719. The summed E-state index contributed by atoms with van der Waals surface area (Å²) in [5, 5.41) is 6.93. The first-order chi connectivity index (χ1) is 27.8. The van der Waals surface area contributed by atoms with Gasteiger partial charge in [-0.05, 0) is 140 Å². The molecule has 0 radical (unpaired) electrons. The van der Waals surface area contributed by atoms with Crippen LogP contribution in [0.5, 0.6) is 0 Å². The molecule has 5 aromatic carbocycles. The fraction of sp³-hybridized carbons (Fsp3) is 0.122. The van der Waals surface area contributed by atoms with Gasteiger partial charge in [0.05, 0.1) is 0 Å². The quantitative estimate of drug-likeness (QED) is 0.139. The van der Waals surface area contributed by atoms with Gasteiger partial charge in [-0.15, -0.1) is 0 Å². The van der Waals surface area contributed by atoms with Crippen LogP contribution in [0.4, 0.5) is 11.6 Å². The molecule has 0 unspecified atom stereocenters. The molecule has 1 N–H and O–H groups in total. The zero-order valence-electron chi connectivity index (χ0n) is 31.2. The number of nitrogens with zero attached hydrogens (tertiary/aromatic N) is 6. The Labute approximate surface area is 371 Å². The van der Waals surface area contributed by atoms with Gasteiger partial charge in [0, 0.05) is 54.6 Å². The van der Waals surface area contributed by atoms with Gasteiger partial charge in [-0.3, -0.25) is 0 Å². The van der Waals surface area contributed by atoms with Crippen molar-refractivity contribution in [3.05, 3.63) is 114 Å². The van der Waals surface area contributed by atoms with Gasteiger partial charge >= 0.3 is 0 Å². The van der Waals surface area contributed by atoms with E-state index in [9.17, 15) is 0 Å². The second-order valence-electron chi connectivity index (χ2n) is 12.2. The lowest BCUT2D eigenvalue weighted by Gasteiger charge is -2.19. The van der Waals surface area contributed by atoms with E-state index < -0.39 is 0 Å². The van der Waals surface area contributed by atoms with Gasteiger partial charge in [0.15, 0.2) is 25.8 Å². The molecule has 0 saturated heterocycles. The molecule has 0 amide bonds. The van der Waals surface area contributed by atoms with Gasteiger partial charge in [-0.2, -0.15) is 29.9 Å². The molecule has 0 bridgehead atoms. The van der Waals surface area contributed by atoms with Gasteiger partial charge in [0.25, 0.3) is 0 Å². The van der Waals surface area contributed by atoms with Crippen molar-refractivity contribution in [3.8, 4) is 0 Å². The fourth-order valence-corrected chi connectivity index (χ4v) is 13.1. The number of nitrogens with one attached hydrogen (secondary N) is 1. The molecule has 7 nitrogen and oxygen atoms in total. The van der Waals surface area contributed by atoms with Crippen LogP contribution < -0.4 is 5.32 Å². The smallest absolute Gasteiger partial charge is 0.232 e. The maximum Gasteiger partial charge on any atom is 0.232 e. The van der Waals surface area contributed by atoms with E-state index in [1.54, 1.807) is 47.0 Å². The van der Waals surface area contributed by atoms with Crippen LogP contribution >= 0.6 is 106 Å². The van der Waals surface area contributed by atoms with Gasteiger partial charge in [-0.1, -0.05) is 113 Å². The van der Waals surface area contributed by atoms with Gasteiger partial charge in [-0.25, -0.2) is 0 Å². The zero-order chi connectivity index (χ0) is 39.3. The van der Waals surface area contributed by atoms with Crippen molar-refractivity contribution in [2.75, 3.05) is 24.1 Å². The lowest BCUT2D eigenvalue weighted by Crippen LogP contribution is -2.01. The second-order valence-corrected chi connectivity index (χ2v) is 21.0. The van der Waals surface area contributed by atoms with E-state index in [0.29, 0.717) is 16.3 Å². The van der Waals surface area contributed by atoms with Gasteiger partial charge < -0.3 is 5.32 Å². The molecule has 9 rings (SSSR count). The summed E-state index contributed by atoms with van der Waals surface area (Å²) in [5.41, 5.74) is 3.55. The van der Waals surface area contributed by atoms with Crippen LogP contribution in [0, 0.1) is 13.8 Å².